The first-order valence-corrected chi connectivity index (χ1v) is 7.48. The first-order chi connectivity index (χ1) is 9.15. The number of hydrogen-bond acceptors (Lipinski definition) is 3. The van der Waals surface area contributed by atoms with Gasteiger partial charge in [-0.3, -0.25) is 4.68 Å². The summed E-state index contributed by atoms with van der Waals surface area (Å²) < 4.78 is 8.29. The van der Waals surface area contributed by atoms with Crippen molar-refractivity contribution in [2.45, 2.75) is 64.1 Å². The van der Waals surface area contributed by atoms with Crippen LogP contribution in [0.3, 0.4) is 0 Å². The lowest BCUT2D eigenvalue weighted by Gasteiger charge is -2.47. The van der Waals surface area contributed by atoms with Crippen molar-refractivity contribution in [2.24, 2.45) is 0 Å². The summed E-state index contributed by atoms with van der Waals surface area (Å²) in [5, 5.41) is 8.04. The maximum atomic E-state index is 6.02. The van der Waals surface area contributed by atoms with Crippen LogP contribution in [-0.4, -0.2) is 29.0 Å². The lowest BCUT2D eigenvalue weighted by molar-refractivity contribution is -0.141. The minimum atomic E-state index is 0.193. The number of nitrogens with one attached hydrogen (secondary N) is 1. The van der Waals surface area contributed by atoms with E-state index < -0.39 is 0 Å². The third-order valence-electron chi connectivity index (χ3n) is 4.91. The number of hydrogen-bond donors (Lipinski definition) is 1. The molecule has 3 rings (SSSR count). The minimum absolute atomic E-state index is 0.193. The van der Waals surface area contributed by atoms with Gasteiger partial charge in [-0.2, -0.15) is 5.10 Å². The van der Waals surface area contributed by atoms with Crippen molar-refractivity contribution in [1.29, 1.82) is 0 Å². The molecule has 4 heteroatoms. The summed E-state index contributed by atoms with van der Waals surface area (Å²) in [6.45, 7) is 6.13. The third-order valence-corrected chi connectivity index (χ3v) is 4.91. The summed E-state index contributed by atoms with van der Waals surface area (Å²) in [5.41, 5.74) is 4.05. The summed E-state index contributed by atoms with van der Waals surface area (Å²) in [4.78, 5) is 0. The molecule has 1 aliphatic heterocycles. The second kappa shape index (κ2) is 4.91. The molecule has 2 heterocycles. The summed E-state index contributed by atoms with van der Waals surface area (Å²) in [6, 6.07) is 0.526. The van der Waals surface area contributed by atoms with E-state index in [1.165, 1.54) is 36.2 Å². The summed E-state index contributed by atoms with van der Waals surface area (Å²) in [6.07, 6.45) is 6.06. The van der Waals surface area contributed by atoms with E-state index in [1.54, 1.807) is 0 Å². The van der Waals surface area contributed by atoms with Crippen LogP contribution >= 0.6 is 0 Å². The second-order valence-corrected chi connectivity index (χ2v) is 6.16. The Labute approximate surface area is 115 Å². The molecule has 1 N–H and O–H groups in total. The average Bonchev–Trinajstić information content (AvgIpc) is 2.66. The van der Waals surface area contributed by atoms with Gasteiger partial charge in [-0.1, -0.05) is 0 Å². The molecular weight excluding hydrogens is 238 g/mol. The Bertz CT molecular complexity index is 462. The average molecular weight is 263 g/mol. The highest BCUT2D eigenvalue weighted by atomic mass is 16.5. The first kappa shape index (κ1) is 13.1. The van der Waals surface area contributed by atoms with Gasteiger partial charge in [-0.05, 0) is 53.0 Å². The summed E-state index contributed by atoms with van der Waals surface area (Å²) >= 11 is 0. The molecule has 1 atom stereocenters. The highest BCUT2D eigenvalue weighted by Crippen LogP contribution is 2.45. The van der Waals surface area contributed by atoms with Gasteiger partial charge in [0.25, 0.3) is 0 Å². The Hall–Kier alpha value is -0.870. The summed E-state index contributed by atoms with van der Waals surface area (Å²) in [7, 11) is 1.99. The van der Waals surface area contributed by atoms with Gasteiger partial charge in [0.1, 0.15) is 0 Å². The fourth-order valence-electron chi connectivity index (χ4n) is 3.62. The zero-order chi connectivity index (χ0) is 13.5. The van der Waals surface area contributed by atoms with E-state index in [4.69, 9.17) is 9.84 Å². The maximum Gasteiger partial charge on any atom is 0.0703 e. The van der Waals surface area contributed by atoms with Crippen molar-refractivity contribution in [3.05, 3.63) is 17.0 Å². The van der Waals surface area contributed by atoms with Gasteiger partial charge < -0.3 is 10.1 Å². The van der Waals surface area contributed by atoms with Crippen molar-refractivity contribution in [1.82, 2.24) is 15.1 Å². The largest absolute Gasteiger partial charge is 0.375 e. The zero-order valence-corrected chi connectivity index (χ0v) is 12.3. The van der Waals surface area contributed by atoms with Crippen LogP contribution in [0.2, 0.25) is 0 Å². The van der Waals surface area contributed by atoms with Crippen molar-refractivity contribution in [2.75, 3.05) is 13.7 Å². The SMILES string of the molecule is CNCc1c(C)nn(C2CCOC3(CCC3)C2)c1C. The Morgan fingerprint density at radius 1 is 1.42 bits per heavy atom. The van der Waals surface area contributed by atoms with Gasteiger partial charge >= 0.3 is 0 Å². The number of nitrogens with zero attached hydrogens (tertiary/aromatic N) is 2. The van der Waals surface area contributed by atoms with Crippen LogP contribution in [0.25, 0.3) is 0 Å². The molecule has 2 fully saturated rings. The number of aromatic nitrogens is 2. The van der Waals surface area contributed by atoms with Crippen molar-refractivity contribution in [3.8, 4) is 0 Å². The smallest absolute Gasteiger partial charge is 0.0703 e. The second-order valence-electron chi connectivity index (χ2n) is 6.16. The third kappa shape index (κ3) is 2.21. The number of rotatable bonds is 3. The highest BCUT2D eigenvalue weighted by Gasteiger charge is 2.43. The Morgan fingerprint density at radius 2 is 2.21 bits per heavy atom. The van der Waals surface area contributed by atoms with E-state index in [1.807, 2.05) is 7.05 Å². The Balaban J connectivity index is 1.83. The molecule has 0 aromatic carbocycles. The van der Waals surface area contributed by atoms with Gasteiger partial charge in [-0.15, -0.1) is 0 Å². The van der Waals surface area contributed by atoms with Crippen molar-refractivity contribution < 1.29 is 4.74 Å². The molecule has 1 aromatic rings. The van der Waals surface area contributed by atoms with Gasteiger partial charge in [-0.25, -0.2) is 0 Å². The molecule has 106 valence electrons. The molecule has 0 radical (unpaired) electrons. The lowest BCUT2D eigenvalue weighted by atomic mass is 9.74. The van der Waals surface area contributed by atoms with Crippen molar-refractivity contribution >= 4 is 0 Å². The number of ether oxygens (including phenoxy) is 1. The van der Waals surface area contributed by atoms with E-state index in [-0.39, 0.29) is 5.60 Å². The van der Waals surface area contributed by atoms with Crippen molar-refractivity contribution in [3.63, 3.8) is 0 Å². The normalized spacial score (nSPS) is 25.5. The molecular formula is C15H25N3O. The Kier molecular flexibility index (Phi) is 3.39. The zero-order valence-electron chi connectivity index (χ0n) is 12.3. The molecule has 1 saturated heterocycles. The lowest BCUT2D eigenvalue weighted by Crippen LogP contribution is -2.46. The highest BCUT2D eigenvalue weighted by molar-refractivity contribution is 5.25. The van der Waals surface area contributed by atoms with Crippen LogP contribution in [0.15, 0.2) is 0 Å². The molecule has 1 spiro atoms. The van der Waals surface area contributed by atoms with Crippen LogP contribution in [-0.2, 0) is 11.3 Å². The van der Waals surface area contributed by atoms with Gasteiger partial charge in [0.15, 0.2) is 0 Å². The molecule has 1 saturated carbocycles. The molecule has 1 unspecified atom stereocenters. The molecule has 19 heavy (non-hydrogen) atoms. The standard InChI is InChI=1S/C15H25N3O/c1-11-14(10-16-3)12(2)18(17-11)13-5-8-19-15(9-13)6-4-7-15/h13,16H,4-10H2,1-3H3. The Morgan fingerprint density at radius 3 is 2.84 bits per heavy atom. The van der Waals surface area contributed by atoms with Crippen LogP contribution < -0.4 is 5.32 Å². The predicted molar refractivity (Wildman–Crippen MR) is 75.3 cm³/mol. The summed E-state index contributed by atoms with van der Waals surface area (Å²) in [5.74, 6) is 0. The van der Waals surface area contributed by atoms with Gasteiger partial charge in [0, 0.05) is 24.4 Å². The molecule has 2 aliphatic rings. The maximum absolute atomic E-state index is 6.02. The van der Waals surface area contributed by atoms with E-state index in [2.05, 4.69) is 23.8 Å². The molecule has 1 aromatic heterocycles. The number of aryl methyl sites for hydroxylation is 1. The molecule has 0 bridgehead atoms. The van der Waals surface area contributed by atoms with Crippen LogP contribution in [0, 0.1) is 13.8 Å². The fraction of sp³-hybridized carbons (Fsp3) is 0.800. The van der Waals surface area contributed by atoms with Crippen LogP contribution in [0.1, 0.15) is 55.1 Å². The van der Waals surface area contributed by atoms with Crippen LogP contribution in [0.4, 0.5) is 0 Å². The van der Waals surface area contributed by atoms with E-state index in [0.29, 0.717) is 6.04 Å². The topological polar surface area (TPSA) is 39.1 Å². The van der Waals surface area contributed by atoms with E-state index in [0.717, 1.165) is 26.0 Å². The van der Waals surface area contributed by atoms with E-state index in [9.17, 15) is 0 Å². The predicted octanol–water partition coefficient (Wildman–Crippen LogP) is 2.49. The van der Waals surface area contributed by atoms with E-state index >= 15 is 0 Å². The quantitative estimate of drug-likeness (QED) is 0.910. The molecule has 4 nitrogen and oxygen atoms in total. The fourth-order valence-corrected chi connectivity index (χ4v) is 3.62. The first-order valence-electron chi connectivity index (χ1n) is 7.48. The van der Waals surface area contributed by atoms with Crippen LogP contribution in [0.5, 0.6) is 0 Å². The van der Waals surface area contributed by atoms with Gasteiger partial charge in [0.05, 0.1) is 17.3 Å². The molecule has 1 aliphatic carbocycles. The van der Waals surface area contributed by atoms with Gasteiger partial charge in [0.2, 0.25) is 0 Å². The molecule has 0 amide bonds. The monoisotopic (exact) mass is 263 g/mol. The minimum Gasteiger partial charge on any atom is -0.375 e.